The Morgan fingerprint density at radius 3 is 2.68 bits per heavy atom. The molecule has 28 heavy (non-hydrogen) atoms. The number of fused-ring (bicyclic) bond motifs is 2. The lowest BCUT2D eigenvalue weighted by atomic mass is 9.73. The smallest absolute Gasteiger partial charge is 0.292 e. The van der Waals surface area contributed by atoms with Crippen LogP contribution in [0, 0.1) is 21.4 Å². The van der Waals surface area contributed by atoms with Gasteiger partial charge in [0.05, 0.1) is 17.7 Å². The van der Waals surface area contributed by atoms with Crippen LogP contribution < -0.4 is 5.43 Å². The average Bonchev–Trinajstić information content (AvgIpc) is 3.05. The fourth-order valence-corrected chi connectivity index (χ4v) is 5.34. The Balaban J connectivity index is 1.84. The second-order valence-electron chi connectivity index (χ2n) is 7.68. The largest absolute Gasteiger partial charge is 0.333 e. The number of nitriles is 1. The van der Waals surface area contributed by atoms with Crippen molar-refractivity contribution in [2.75, 3.05) is 0 Å². The molecule has 1 N–H and O–H groups in total. The van der Waals surface area contributed by atoms with Gasteiger partial charge in [0.1, 0.15) is 18.3 Å². The van der Waals surface area contributed by atoms with Crippen LogP contribution >= 0.6 is 0 Å². The second kappa shape index (κ2) is 5.88. The Morgan fingerprint density at radius 2 is 1.96 bits per heavy atom. The summed E-state index contributed by atoms with van der Waals surface area (Å²) in [4.78, 5) is 14.4. The molecule has 1 saturated heterocycles. The van der Waals surface area contributed by atoms with Crippen molar-refractivity contribution in [2.24, 2.45) is 5.10 Å². The summed E-state index contributed by atoms with van der Waals surface area (Å²) in [5.41, 5.74) is 4.84. The maximum absolute atomic E-state index is 12.6. The molecule has 0 radical (unpaired) electrons. The normalized spacial score (nSPS) is 33.1. The van der Waals surface area contributed by atoms with Gasteiger partial charge in [-0.3, -0.25) is 20.4 Å². The summed E-state index contributed by atoms with van der Waals surface area (Å²) in [5.74, 6) is -0.613. The van der Waals surface area contributed by atoms with Crippen LogP contribution in [0.3, 0.4) is 0 Å². The first kappa shape index (κ1) is 16.9. The van der Waals surface area contributed by atoms with Gasteiger partial charge in [-0.05, 0) is 23.6 Å². The minimum atomic E-state index is -1.80. The van der Waals surface area contributed by atoms with Crippen molar-refractivity contribution in [3.05, 3.63) is 81.4 Å². The van der Waals surface area contributed by atoms with Crippen molar-refractivity contribution >= 4 is 5.71 Å². The molecule has 3 heterocycles. The molecule has 5 rings (SSSR count). The highest BCUT2D eigenvalue weighted by Gasteiger charge is 2.73. The molecule has 7 nitrogen and oxygen atoms in total. The van der Waals surface area contributed by atoms with Gasteiger partial charge in [-0.1, -0.05) is 54.6 Å². The van der Waals surface area contributed by atoms with Gasteiger partial charge in [-0.2, -0.15) is 10.4 Å². The zero-order valence-electron chi connectivity index (χ0n) is 15.3. The van der Waals surface area contributed by atoms with E-state index in [0.717, 1.165) is 22.4 Å². The lowest BCUT2D eigenvalue weighted by Crippen LogP contribution is -2.58. The molecule has 0 aromatic heterocycles. The zero-order chi connectivity index (χ0) is 19.5. The first-order valence-electron chi connectivity index (χ1n) is 9.35. The minimum absolute atomic E-state index is 0.171. The van der Waals surface area contributed by atoms with Crippen LogP contribution in [0.1, 0.15) is 35.6 Å². The SMILES string of the molecule is CC1=NNC2Cc3ccccc3C3N2C1C(c1ccccc1)C3(C#N)[N+](=O)[O-]. The number of benzene rings is 2. The monoisotopic (exact) mass is 373 g/mol. The van der Waals surface area contributed by atoms with Crippen LogP contribution in [0.5, 0.6) is 0 Å². The molecular formula is C21H19N5O2. The Morgan fingerprint density at radius 1 is 1.25 bits per heavy atom. The molecule has 5 atom stereocenters. The minimum Gasteiger partial charge on any atom is -0.292 e. The van der Waals surface area contributed by atoms with Crippen LogP contribution in [0.25, 0.3) is 0 Å². The van der Waals surface area contributed by atoms with E-state index in [1.807, 2.05) is 61.5 Å². The van der Waals surface area contributed by atoms with E-state index in [1.165, 1.54) is 0 Å². The van der Waals surface area contributed by atoms with Gasteiger partial charge in [0.25, 0.3) is 0 Å². The Labute approximate surface area is 162 Å². The topological polar surface area (TPSA) is 94.6 Å². The van der Waals surface area contributed by atoms with Gasteiger partial charge in [-0.25, -0.2) is 0 Å². The highest BCUT2D eigenvalue weighted by atomic mass is 16.6. The van der Waals surface area contributed by atoms with Gasteiger partial charge < -0.3 is 0 Å². The number of hydrogen-bond donors (Lipinski definition) is 1. The van der Waals surface area contributed by atoms with Crippen molar-refractivity contribution in [1.82, 2.24) is 10.3 Å². The van der Waals surface area contributed by atoms with E-state index in [0.29, 0.717) is 6.42 Å². The standard InChI is InChI=1S/C21H19N5O2/c1-13-19-18(14-7-3-2-4-8-14)21(12-22,26(27)28)20-16-10-6-5-9-15(16)11-17(24-23-13)25(19)20/h2-10,17-20,24H,11H2,1H3. The van der Waals surface area contributed by atoms with Gasteiger partial charge in [0.15, 0.2) is 0 Å². The van der Waals surface area contributed by atoms with Crippen molar-refractivity contribution in [1.29, 1.82) is 5.26 Å². The summed E-state index contributed by atoms with van der Waals surface area (Å²) in [6.45, 7) is 1.88. The van der Waals surface area contributed by atoms with Crippen molar-refractivity contribution in [3.63, 3.8) is 0 Å². The summed E-state index contributed by atoms with van der Waals surface area (Å²) < 4.78 is 0. The van der Waals surface area contributed by atoms with Gasteiger partial charge in [0.2, 0.25) is 0 Å². The molecular weight excluding hydrogens is 354 g/mol. The predicted molar refractivity (Wildman–Crippen MR) is 103 cm³/mol. The lowest BCUT2D eigenvalue weighted by Gasteiger charge is -2.44. The third-order valence-corrected chi connectivity index (χ3v) is 6.41. The van der Waals surface area contributed by atoms with E-state index in [2.05, 4.69) is 21.5 Å². The Hall–Kier alpha value is -3.24. The molecule has 0 bridgehead atoms. The van der Waals surface area contributed by atoms with Gasteiger partial charge in [0, 0.05) is 11.3 Å². The van der Waals surface area contributed by atoms with Crippen LogP contribution in [-0.2, 0) is 6.42 Å². The van der Waals surface area contributed by atoms with E-state index < -0.39 is 17.5 Å². The number of hydrogen-bond acceptors (Lipinski definition) is 6. The quantitative estimate of drug-likeness (QED) is 0.645. The third kappa shape index (κ3) is 1.98. The van der Waals surface area contributed by atoms with Gasteiger partial charge >= 0.3 is 5.54 Å². The summed E-state index contributed by atoms with van der Waals surface area (Å²) in [6, 6.07) is 18.4. The number of rotatable bonds is 2. The summed E-state index contributed by atoms with van der Waals surface area (Å²) in [5, 5.41) is 27.4. The highest BCUT2D eigenvalue weighted by Crippen LogP contribution is 2.57. The molecule has 2 aromatic carbocycles. The first-order chi connectivity index (χ1) is 13.6. The predicted octanol–water partition coefficient (Wildman–Crippen LogP) is 2.60. The molecule has 140 valence electrons. The molecule has 0 amide bonds. The molecule has 3 aliphatic rings. The lowest BCUT2D eigenvalue weighted by molar-refractivity contribution is -0.560. The van der Waals surface area contributed by atoms with Crippen LogP contribution in [0.2, 0.25) is 0 Å². The molecule has 3 aliphatic heterocycles. The van der Waals surface area contributed by atoms with Crippen molar-refractivity contribution < 1.29 is 4.92 Å². The molecule has 0 spiro atoms. The Bertz CT molecular complexity index is 1030. The highest BCUT2D eigenvalue weighted by molar-refractivity contribution is 5.90. The second-order valence-corrected chi connectivity index (χ2v) is 7.68. The molecule has 7 heteroatoms. The van der Waals surface area contributed by atoms with Gasteiger partial charge in [-0.15, -0.1) is 0 Å². The maximum atomic E-state index is 12.6. The third-order valence-electron chi connectivity index (χ3n) is 6.41. The van der Waals surface area contributed by atoms with E-state index in [4.69, 9.17) is 0 Å². The molecule has 5 unspecified atom stereocenters. The van der Waals surface area contributed by atoms with E-state index in [1.54, 1.807) is 0 Å². The molecule has 0 saturated carbocycles. The molecule has 2 aromatic rings. The maximum Gasteiger partial charge on any atom is 0.333 e. The fourth-order valence-electron chi connectivity index (χ4n) is 5.34. The van der Waals surface area contributed by atoms with Crippen molar-refractivity contribution in [2.45, 2.75) is 43.1 Å². The number of nitrogens with zero attached hydrogens (tertiary/aromatic N) is 4. The van der Waals surface area contributed by atoms with Crippen LogP contribution in [-0.4, -0.2) is 33.3 Å². The molecule has 1 fully saturated rings. The number of nitro groups is 1. The molecule has 0 aliphatic carbocycles. The van der Waals surface area contributed by atoms with Crippen LogP contribution in [0.15, 0.2) is 59.7 Å². The van der Waals surface area contributed by atoms with E-state index >= 15 is 0 Å². The Kier molecular flexibility index (Phi) is 3.55. The summed E-state index contributed by atoms with van der Waals surface area (Å²) in [6.07, 6.45) is 0.524. The first-order valence-corrected chi connectivity index (χ1v) is 9.35. The van der Waals surface area contributed by atoms with Crippen molar-refractivity contribution in [3.8, 4) is 6.07 Å². The van der Waals surface area contributed by atoms with E-state index in [-0.39, 0.29) is 17.1 Å². The number of nitrogens with one attached hydrogen (secondary N) is 1. The summed E-state index contributed by atoms with van der Waals surface area (Å²) >= 11 is 0. The van der Waals surface area contributed by atoms with Crippen LogP contribution in [0.4, 0.5) is 0 Å². The fraction of sp³-hybridized carbons (Fsp3) is 0.333. The average molecular weight is 373 g/mol. The number of hydrazone groups is 1. The summed E-state index contributed by atoms with van der Waals surface area (Å²) in [7, 11) is 0. The zero-order valence-corrected chi connectivity index (χ0v) is 15.3. The van der Waals surface area contributed by atoms with E-state index in [9.17, 15) is 15.4 Å².